The molecule has 0 aliphatic heterocycles. The molecule has 2 unspecified atom stereocenters. The normalized spacial score (nSPS) is 17.9. The van der Waals surface area contributed by atoms with Gasteiger partial charge in [-0.3, -0.25) is 0 Å². The lowest BCUT2D eigenvalue weighted by molar-refractivity contribution is 0.300. The molecule has 66 valence electrons. The van der Waals surface area contributed by atoms with Gasteiger partial charge >= 0.3 is 0 Å². The summed E-state index contributed by atoms with van der Waals surface area (Å²) in [5.41, 5.74) is 5.32. The van der Waals surface area contributed by atoms with E-state index < -0.39 is 0 Å². The molecule has 0 heterocycles. The van der Waals surface area contributed by atoms with Gasteiger partial charge in [-0.2, -0.15) is 0 Å². The van der Waals surface area contributed by atoms with Crippen molar-refractivity contribution < 1.29 is 10.3 Å². The molecule has 0 rings (SSSR count). The molecule has 4 N–H and O–H groups in total. The molecule has 0 saturated carbocycles. The standard InChI is InChI=1S/C6H14N2O2S/c1-4(3-9)11-5(2)6(7)8-10/h4-5,9-10H,3H2,1-2H3,(H2,7,8). The van der Waals surface area contributed by atoms with Crippen LogP contribution in [0.15, 0.2) is 5.16 Å². The van der Waals surface area contributed by atoms with Crippen molar-refractivity contribution in [3.63, 3.8) is 0 Å². The van der Waals surface area contributed by atoms with Crippen molar-refractivity contribution in [2.75, 3.05) is 6.61 Å². The summed E-state index contributed by atoms with van der Waals surface area (Å²) in [4.78, 5) is 0. The maximum Gasteiger partial charge on any atom is 0.152 e. The van der Waals surface area contributed by atoms with Crippen LogP contribution >= 0.6 is 11.8 Å². The van der Waals surface area contributed by atoms with Crippen LogP contribution in [0.1, 0.15) is 13.8 Å². The van der Waals surface area contributed by atoms with Gasteiger partial charge in [0, 0.05) is 5.25 Å². The number of rotatable bonds is 4. The van der Waals surface area contributed by atoms with Crippen molar-refractivity contribution in [1.29, 1.82) is 0 Å². The highest BCUT2D eigenvalue weighted by molar-refractivity contribution is 8.01. The van der Waals surface area contributed by atoms with Gasteiger partial charge in [0.2, 0.25) is 0 Å². The second kappa shape index (κ2) is 5.26. The molecule has 0 aromatic rings. The number of hydrogen-bond acceptors (Lipinski definition) is 4. The molecule has 2 atom stereocenters. The van der Waals surface area contributed by atoms with Gasteiger partial charge < -0.3 is 16.0 Å². The SMILES string of the molecule is CC(CO)SC(C)C(N)=NO. The fraction of sp³-hybridized carbons (Fsp3) is 0.833. The predicted octanol–water partition coefficient (Wildman–Crippen LogP) is 0.235. The van der Waals surface area contributed by atoms with E-state index in [4.69, 9.17) is 16.0 Å². The molecule has 0 aromatic carbocycles. The van der Waals surface area contributed by atoms with Gasteiger partial charge in [0.1, 0.15) is 0 Å². The molecule has 4 nitrogen and oxygen atoms in total. The van der Waals surface area contributed by atoms with Gasteiger partial charge in [-0.15, -0.1) is 11.8 Å². The molecule has 0 amide bonds. The summed E-state index contributed by atoms with van der Waals surface area (Å²) in [6, 6.07) is 0. The lowest BCUT2D eigenvalue weighted by atomic mass is 10.4. The van der Waals surface area contributed by atoms with Gasteiger partial charge in [0.05, 0.1) is 11.9 Å². The number of hydrogen-bond donors (Lipinski definition) is 3. The molecule has 0 fully saturated rings. The fourth-order valence-corrected chi connectivity index (χ4v) is 1.51. The van der Waals surface area contributed by atoms with E-state index in [-0.39, 0.29) is 22.9 Å². The Labute approximate surface area is 70.5 Å². The van der Waals surface area contributed by atoms with Crippen LogP contribution in [0.3, 0.4) is 0 Å². The number of aliphatic hydroxyl groups excluding tert-OH is 1. The first-order valence-electron chi connectivity index (χ1n) is 3.35. The van der Waals surface area contributed by atoms with Crippen molar-refractivity contribution in [3.8, 4) is 0 Å². The van der Waals surface area contributed by atoms with Crippen molar-refractivity contribution >= 4 is 17.6 Å². The van der Waals surface area contributed by atoms with E-state index in [1.165, 1.54) is 11.8 Å². The quantitative estimate of drug-likeness (QED) is 0.249. The maximum atomic E-state index is 8.67. The van der Waals surface area contributed by atoms with Crippen molar-refractivity contribution in [2.45, 2.75) is 24.3 Å². The van der Waals surface area contributed by atoms with Crippen molar-refractivity contribution in [2.24, 2.45) is 10.9 Å². The first kappa shape index (κ1) is 10.6. The van der Waals surface area contributed by atoms with E-state index >= 15 is 0 Å². The third-order valence-corrected chi connectivity index (χ3v) is 2.49. The minimum absolute atomic E-state index is 0.0536. The largest absolute Gasteiger partial charge is 0.409 e. The minimum Gasteiger partial charge on any atom is -0.409 e. The highest BCUT2D eigenvalue weighted by Gasteiger charge is 2.11. The molecule has 0 aromatic heterocycles. The highest BCUT2D eigenvalue weighted by atomic mass is 32.2. The fourth-order valence-electron chi connectivity index (χ4n) is 0.543. The van der Waals surface area contributed by atoms with Crippen LogP contribution in [0.25, 0.3) is 0 Å². The van der Waals surface area contributed by atoms with Crippen LogP contribution in [0.5, 0.6) is 0 Å². The Balaban J connectivity index is 3.77. The van der Waals surface area contributed by atoms with Crippen LogP contribution in [0.4, 0.5) is 0 Å². The lowest BCUT2D eigenvalue weighted by Crippen LogP contribution is -2.25. The Morgan fingerprint density at radius 1 is 1.64 bits per heavy atom. The third kappa shape index (κ3) is 4.10. The summed E-state index contributed by atoms with van der Waals surface area (Å²) in [5, 5.41) is 19.9. The maximum absolute atomic E-state index is 8.67. The summed E-state index contributed by atoms with van der Waals surface area (Å²) in [6.45, 7) is 3.81. The first-order valence-corrected chi connectivity index (χ1v) is 4.29. The van der Waals surface area contributed by atoms with Crippen LogP contribution in [0.2, 0.25) is 0 Å². The Morgan fingerprint density at radius 3 is 2.55 bits per heavy atom. The smallest absolute Gasteiger partial charge is 0.152 e. The molecule has 0 aliphatic carbocycles. The van der Waals surface area contributed by atoms with E-state index in [9.17, 15) is 0 Å². The first-order chi connectivity index (χ1) is 5.11. The second-order valence-corrected chi connectivity index (χ2v) is 4.08. The van der Waals surface area contributed by atoms with E-state index in [1.54, 1.807) is 0 Å². The average molecular weight is 178 g/mol. The van der Waals surface area contributed by atoms with Crippen molar-refractivity contribution in [3.05, 3.63) is 0 Å². The van der Waals surface area contributed by atoms with Gasteiger partial charge in [0.15, 0.2) is 5.84 Å². The molecule has 0 bridgehead atoms. The summed E-state index contributed by atoms with van der Waals surface area (Å²) >= 11 is 1.47. The van der Waals surface area contributed by atoms with Gasteiger partial charge in [-0.05, 0) is 6.92 Å². The molecule has 0 radical (unpaired) electrons. The number of thioether (sulfide) groups is 1. The highest BCUT2D eigenvalue weighted by Crippen LogP contribution is 2.16. The third-order valence-electron chi connectivity index (χ3n) is 1.23. The van der Waals surface area contributed by atoms with Crippen LogP contribution in [-0.4, -0.2) is 33.3 Å². The molecule has 0 saturated heterocycles. The molecule has 5 heteroatoms. The second-order valence-electron chi connectivity index (χ2n) is 2.30. The van der Waals surface area contributed by atoms with Gasteiger partial charge in [-0.25, -0.2) is 0 Å². The van der Waals surface area contributed by atoms with E-state index in [0.717, 1.165) is 0 Å². The Bertz CT molecular complexity index is 141. The van der Waals surface area contributed by atoms with Crippen LogP contribution < -0.4 is 5.73 Å². The zero-order valence-corrected chi connectivity index (χ0v) is 7.51. The Hall–Kier alpha value is -0.420. The summed E-state index contributed by atoms with van der Waals surface area (Å²) in [7, 11) is 0. The minimum atomic E-state index is -0.0536. The summed E-state index contributed by atoms with van der Waals surface area (Å²) in [6.07, 6.45) is 0. The van der Waals surface area contributed by atoms with E-state index in [2.05, 4.69) is 5.16 Å². The van der Waals surface area contributed by atoms with Gasteiger partial charge in [0.25, 0.3) is 0 Å². The van der Waals surface area contributed by atoms with E-state index in [1.807, 2.05) is 13.8 Å². The number of amidine groups is 1. The topological polar surface area (TPSA) is 78.8 Å². The average Bonchev–Trinajstić information content (AvgIpc) is 2.02. The van der Waals surface area contributed by atoms with Gasteiger partial charge in [-0.1, -0.05) is 12.1 Å². The lowest BCUT2D eigenvalue weighted by Gasteiger charge is -2.13. The number of nitrogens with zero attached hydrogens (tertiary/aromatic N) is 1. The zero-order chi connectivity index (χ0) is 8.85. The monoisotopic (exact) mass is 178 g/mol. The number of oxime groups is 1. The summed E-state index contributed by atoms with van der Waals surface area (Å²) in [5.74, 6) is 0.190. The van der Waals surface area contributed by atoms with Crippen molar-refractivity contribution in [1.82, 2.24) is 0 Å². The molecule has 0 aliphatic rings. The predicted molar refractivity (Wildman–Crippen MR) is 47.0 cm³/mol. The van der Waals surface area contributed by atoms with Crippen LogP contribution in [-0.2, 0) is 0 Å². The number of aliphatic hydroxyl groups is 1. The molecular formula is C6H14N2O2S. The zero-order valence-electron chi connectivity index (χ0n) is 6.69. The molecular weight excluding hydrogens is 164 g/mol. The molecule has 0 spiro atoms. The Kier molecular flexibility index (Phi) is 5.06. The Morgan fingerprint density at radius 2 is 2.18 bits per heavy atom. The summed E-state index contributed by atoms with van der Waals surface area (Å²) < 4.78 is 0. The van der Waals surface area contributed by atoms with Crippen LogP contribution in [0, 0.1) is 0 Å². The molecule has 11 heavy (non-hydrogen) atoms. The van der Waals surface area contributed by atoms with E-state index in [0.29, 0.717) is 0 Å². The number of nitrogens with two attached hydrogens (primary N) is 1.